The standard InChI is InChI=1S/C16H17N3O5/c20-14(6-10-1-2-12-13(5-10)24-9-23-12)18-3-4-19-11(8-18)16(22)17-7-15(19)21/h1-2,5,11H,3-4,6-9H2,(H,17,22)/t11-/m0/s1. The van der Waals surface area contributed by atoms with Crippen molar-refractivity contribution in [3.05, 3.63) is 23.8 Å². The van der Waals surface area contributed by atoms with E-state index in [1.165, 1.54) is 0 Å². The molecule has 8 nitrogen and oxygen atoms in total. The molecule has 0 aliphatic carbocycles. The van der Waals surface area contributed by atoms with Gasteiger partial charge in [-0.05, 0) is 17.7 Å². The second-order valence-electron chi connectivity index (χ2n) is 6.02. The summed E-state index contributed by atoms with van der Waals surface area (Å²) in [5, 5.41) is 2.57. The lowest BCUT2D eigenvalue weighted by atomic mass is 10.1. The van der Waals surface area contributed by atoms with E-state index < -0.39 is 6.04 Å². The van der Waals surface area contributed by atoms with Gasteiger partial charge in [0.05, 0.1) is 19.5 Å². The zero-order valence-corrected chi connectivity index (χ0v) is 13.0. The first-order chi connectivity index (χ1) is 11.6. The average Bonchev–Trinajstić information content (AvgIpc) is 3.05. The second-order valence-corrected chi connectivity index (χ2v) is 6.02. The highest BCUT2D eigenvalue weighted by Gasteiger charge is 2.39. The summed E-state index contributed by atoms with van der Waals surface area (Å²) >= 11 is 0. The Hall–Kier alpha value is -2.77. The van der Waals surface area contributed by atoms with E-state index in [4.69, 9.17) is 9.47 Å². The van der Waals surface area contributed by atoms with Crippen molar-refractivity contribution in [2.75, 3.05) is 33.0 Å². The predicted molar refractivity (Wildman–Crippen MR) is 81.4 cm³/mol. The van der Waals surface area contributed by atoms with Gasteiger partial charge in [0.2, 0.25) is 24.5 Å². The average molecular weight is 331 g/mol. The van der Waals surface area contributed by atoms with Crippen LogP contribution < -0.4 is 14.8 Å². The molecule has 4 rings (SSSR count). The molecule has 3 heterocycles. The van der Waals surface area contributed by atoms with Gasteiger partial charge in [0, 0.05) is 13.1 Å². The van der Waals surface area contributed by atoms with Gasteiger partial charge in [0.1, 0.15) is 6.04 Å². The minimum Gasteiger partial charge on any atom is -0.454 e. The summed E-state index contributed by atoms with van der Waals surface area (Å²) in [6, 6.07) is 4.84. The van der Waals surface area contributed by atoms with E-state index in [0.717, 1.165) is 5.56 Å². The van der Waals surface area contributed by atoms with Crippen LogP contribution in [-0.4, -0.2) is 66.5 Å². The fourth-order valence-electron chi connectivity index (χ4n) is 3.25. The molecule has 0 aromatic heterocycles. The SMILES string of the molecule is O=C1NCC(=O)N2CCN(C(=O)Cc3ccc4c(c3)OCO4)C[C@@H]12. The summed E-state index contributed by atoms with van der Waals surface area (Å²) in [6.07, 6.45) is 0.221. The molecular weight excluding hydrogens is 314 g/mol. The number of amides is 3. The maximum Gasteiger partial charge on any atom is 0.245 e. The lowest BCUT2D eigenvalue weighted by molar-refractivity contribution is -0.152. The van der Waals surface area contributed by atoms with Crippen LogP contribution in [0.1, 0.15) is 5.56 Å². The Kier molecular flexibility index (Phi) is 3.51. The van der Waals surface area contributed by atoms with Crippen LogP contribution in [0.5, 0.6) is 11.5 Å². The molecule has 0 unspecified atom stereocenters. The smallest absolute Gasteiger partial charge is 0.245 e. The van der Waals surface area contributed by atoms with Crippen molar-refractivity contribution in [2.45, 2.75) is 12.5 Å². The van der Waals surface area contributed by atoms with Gasteiger partial charge in [0.25, 0.3) is 0 Å². The van der Waals surface area contributed by atoms with E-state index in [1.807, 2.05) is 6.07 Å². The molecule has 24 heavy (non-hydrogen) atoms. The third-order valence-corrected chi connectivity index (χ3v) is 4.56. The number of piperazine rings is 2. The predicted octanol–water partition coefficient (Wildman–Crippen LogP) is -0.873. The highest BCUT2D eigenvalue weighted by atomic mass is 16.7. The summed E-state index contributed by atoms with van der Waals surface area (Å²) < 4.78 is 10.6. The number of fused-ring (bicyclic) bond motifs is 2. The highest BCUT2D eigenvalue weighted by molar-refractivity contribution is 5.95. The van der Waals surface area contributed by atoms with Crippen LogP contribution in [0.4, 0.5) is 0 Å². The number of carbonyl (C=O) groups is 3. The van der Waals surface area contributed by atoms with Crippen LogP contribution in [-0.2, 0) is 20.8 Å². The molecule has 3 amide bonds. The second kappa shape index (κ2) is 5.70. The fourth-order valence-corrected chi connectivity index (χ4v) is 3.25. The van der Waals surface area contributed by atoms with Gasteiger partial charge in [0.15, 0.2) is 11.5 Å². The maximum atomic E-state index is 12.5. The van der Waals surface area contributed by atoms with Crippen LogP contribution in [0.15, 0.2) is 18.2 Å². The summed E-state index contributed by atoms with van der Waals surface area (Å²) in [5.74, 6) is 0.955. The number of carbonyl (C=O) groups excluding carboxylic acids is 3. The maximum absolute atomic E-state index is 12.5. The number of nitrogens with one attached hydrogen (secondary N) is 1. The Balaban J connectivity index is 1.43. The number of hydrogen-bond donors (Lipinski definition) is 1. The lowest BCUT2D eigenvalue weighted by Crippen LogP contribution is -2.66. The minimum atomic E-state index is -0.583. The molecule has 0 radical (unpaired) electrons. The molecule has 1 N–H and O–H groups in total. The normalized spacial score (nSPS) is 22.2. The van der Waals surface area contributed by atoms with Crippen molar-refractivity contribution in [2.24, 2.45) is 0 Å². The molecule has 0 bridgehead atoms. The molecule has 1 aromatic rings. The molecule has 3 aliphatic heterocycles. The molecule has 126 valence electrons. The van der Waals surface area contributed by atoms with Crippen LogP contribution in [0, 0.1) is 0 Å². The first-order valence-electron chi connectivity index (χ1n) is 7.85. The summed E-state index contributed by atoms with van der Waals surface area (Å²) in [4.78, 5) is 39.5. The first kappa shape index (κ1) is 14.8. The van der Waals surface area contributed by atoms with E-state index in [-0.39, 0.29) is 44.0 Å². The lowest BCUT2D eigenvalue weighted by Gasteiger charge is -2.42. The molecule has 2 fully saturated rings. The number of nitrogens with zero attached hydrogens (tertiary/aromatic N) is 2. The van der Waals surface area contributed by atoms with Gasteiger partial charge in [-0.15, -0.1) is 0 Å². The van der Waals surface area contributed by atoms with Gasteiger partial charge in [-0.2, -0.15) is 0 Å². The van der Waals surface area contributed by atoms with Gasteiger partial charge < -0.3 is 24.6 Å². The Morgan fingerprint density at radius 2 is 2.04 bits per heavy atom. The van der Waals surface area contributed by atoms with E-state index >= 15 is 0 Å². The quantitative estimate of drug-likeness (QED) is 0.761. The third kappa shape index (κ3) is 2.53. The van der Waals surface area contributed by atoms with Gasteiger partial charge >= 0.3 is 0 Å². The molecule has 0 saturated carbocycles. The number of benzene rings is 1. The summed E-state index contributed by atoms with van der Waals surface area (Å²) in [5.41, 5.74) is 0.829. The van der Waals surface area contributed by atoms with Gasteiger partial charge in [-0.25, -0.2) is 0 Å². The summed E-state index contributed by atoms with van der Waals surface area (Å²) in [7, 11) is 0. The Morgan fingerprint density at radius 3 is 2.92 bits per heavy atom. The van der Waals surface area contributed by atoms with Crippen LogP contribution in [0.2, 0.25) is 0 Å². The molecule has 3 aliphatic rings. The monoisotopic (exact) mass is 331 g/mol. The largest absolute Gasteiger partial charge is 0.454 e. The van der Waals surface area contributed by atoms with Gasteiger partial charge in [-0.1, -0.05) is 6.07 Å². The number of hydrogen-bond acceptors (Lipinski definition) is 5. The van der Waals surface area contributed by atoms with Crippen molar-refractivity contribution < 1.29 is 23.9 Å². The zero-order valence-electron chi connectivity index (χ0n) is 13.0. The number of rotatable bonds is 2. The van der Waals surface area contributed by atoms with Crippen molar-refractivity contribution in [1.82, 2.24) is 15.1 Å². The molecule has 1 aromatic carbocycles. The Morgan fingerprint density at radius 1 is 1.21 bits per heavy atom. The van der Waals surface area contributed by atoms with E-state index in [2.05, 4.69) is 5.32 Å². The Bertz CT molecular complexity index is 720. The van der Waals surface area contributed by atoms with Gasteiger partial charge in [-0.3, -0.25) is 14.4 Å². The third-order valence-electron chi connectivity index (χ3n) is 4.56. The first-order valence-corrected chi connectivity index (χ1v) is 7.85. The van der Waals surface area contributed by atoms with Crippen molar-refractivity contribution in [1.29, 1.82) is 0 Å². The summed E-state index contributed by atoms with van der Waals surface area (Å²) in [6.45, 7) is 1.31. The molecule has 8 heteroatoms. The van der Waals surface area contributed by atoms with Crippen LogP contribution in [0.25, 0.3) is 0 Å². The van der Waals surface area contributed by atoms with Crippen molar-refractivity contribution in [3.8, 4) is 11.5 Å². The van der Waals surface area contributed by atoms with Crippen LogP contribution in [0.3, 0.4) is 0 Å². The van der Waals surface area contributed by atoms with Crippen LogP contribution >= 0.6 is 0 Å². The van der Waals surface area contributed by atoms with E-state index in [1.54, 1.807) is 21.9 Å². The molecule has 1 atom stereocenters. The highest BCUT2D eigenvalue weighted by Crippen LogP contribution is 2.32. The number of ether oxygens (including phenoxy) is 2. The Labute approximate surface area is 138 Å². The molecular formula is C16H17N3O5. The molecule has 2 saturated heterocycles. The van der Waals surface area contributed by atoms with Crippen molar-refractivity contribution >= 4 is 17.7 Å². The van der Waals surface area contributed by atoms with E-state index in [9.17, 15) is 14.4 Å². The molecule has 0 spiro atoms. The fraction of sp³-hybridized carbons (Fsp3) is 0.438. The topological polar surface area (TPSA) is 88.2 Å². The van der Waals surface area contributed by atoms with Crippen molar-refractivity contribution in [3.63, 3.8) is 0 Å². The van der Waals surface area contributed by atoms with E-state index in [0.29, 0.717) is 24.6 Å². The zero-order chi connectivity index (χ0) is 16.7. The minimum absolute atomic E-state index is 0.0421.